The molecule has 0 aromatic heterocycles. The first-order chi connectivity index (χ1) is 10.5. The van der Waals surface area contributed by atoms with Crippen LogP contribution in [0.1, 0.15) is 41.5 Å². The summed E-state index contributed by atoms with van der Waals surface area (Å²) in [6.45, 7) is 12.2. The summed E-state index contributed by atoms with van der Waals surface area (Å²) in [4.78, 5) is 23.4. The Labute approximate surface area is 138 Å². The Morgan fingerprint density at radius 1 is 0.870 bits per heavy atom. The van der Waals surface area contributed by atoms with E-state index in [4.69, 9.17) is 9.16 Å². The van der Waals surface area contributed by atoms with Gasteiger partial charge in [-0.05, 0) is 22.2 Å². The molecule has 0 aliphatic heterocycles. The van der Waals surface area contributed by atoms with Crippen molar-refractivity contribution < 1.29 is 18.8 Å². The molecule has 0 unspecified atom stereocenters. The van der Waals surface area contributed by atoms with E-state index in [1.165, 1.54) is 0 Å². The summed E-state index contributed by atoms with van der Waals surface area (Å²) >= 11 is 0. The van der Waals surface area contributed by atoms with Crippen molar-refractivity contribution in [1.82, 2.24) is 0 Å². The van der Waals surface area contributed by atoms with Crippen molar-refractivity contribution in [1.29, 1.82) is 0 Å². The van der Waals surface area contributed by atoms with E-state index in [1.54, 1.807) is 30.3 Å². The molecule has 0 aliphatic carbocycles. The average molecular weight is 336 g/mol. The molecule has 1 rings (SSSR count). The Hall–Kier alpha value is -2.02. The van der Waals surface area contributed by atoms with Crippen LogP contribution in [0, 0.1) is 0 Å². The normalized spacial score (nSPS) is 12.5. The predicted molar refractivity (Wildman–Crippen MR) is 90.4 cm³/mol. The van der Waals surface area contributed by atoms with Gasteiger partial charge in [0.25, 0.3) is 9.04 Å². The Kier molecular flexibility index (Phi) is 6.20. The minimum absolute atomic E-state index is 0.131. The standard InChI is InChI=1S/C16H24N2O4Si/c1-15(2,3)23(16(4,5)6)22-14(20)18-17-13(19)21-12-10-8-7-9-11-12/h7-11,23H,1-6H3. The first kappa shape index (κ1) is 19.0. The number of hydrogen-bond acceptors (Lipinski definition) is 4. The quantitative estimate of drug-likeness (QED) is 0.556. The lowest BCUT2D eigenvalue weighted by molar-refractivity contribution is 0.197. The number of azo groups is 1. The van der Waals surface area contributed by atoms with E-state index in [0.29, 0.717) is 5.75 Å². The minimum Gasteiger partial charge on any atom is -0.503 e. The summed E-state index contributed by atoms with van der Waals surface area (Å²) in [6, 6.07) is 8.44. The molecule has 23 heavy (non-hydrogen) atoms. The fourth-order valence-electron chi connectivity index (χ4n) is 2.47. The highest BCUT2D eigenvalue weighted by molar-refractivity contribution is 6.60. The number of rotatable bonds is 2. The van der Waals surface area contributed by atoms with Crippen molar-refractivity contribution in [3.8, 4) is 5.75 Å². The van der Waals surface area contributed by atoms with Crippen molar-refractivity contribution in [3.05, 3.63) is 30.3 Å². The molecule has 1 aromatic carbocycles. The van der Waals surface area contributed by atoms with Crippen LogP contribution >= 0.6 is 0 Å². The summed E-state index contributed by atoms with van der Waals surface area (Å²) in [6.07, 6.45) is -1.81. The van der Waals surface area contributed by atoms with E-state index in [-0.39, 0.29) is 10.1 Å². The molecule has 0 N–H and O–H groups in total. The van der Waals surface area contributed by atoms with Gasteiger partial charge in [0.05, 0.1) is 0 Å². The van der Waals surface area contributed by atoms with Crippen LogP contribution in [-0.4, -0.2) is 21.2 Å². The second kappa shape index (κ2) is 7.50. The van der Waals surface area contributed by atoms with E-state index in [0.717, 1.165) is 0 Å². The molecule has 0 heterocycles. The van der Waals surface area contributed by atoms with E-state index in [2.05, 4.69) is 10.2 Å². The molecular weight excluding hydrogens is 312 g/mol. The molecular formula is C16H24N2O4Si. The Morgan fingerprint density at radius 2 is 1.35 bits per heavy atom. The van der Waals surface area contributed by atoms with E-state index in [9.17, 15) is 9.59 Å². The Balaban J connectivity index is 2.66. The van der Waals surface area contributed by atoms with Crippen molar-refractivity contribution >= 4 is 21.2 Å². The third-order valence-corrected chi connectivity index (χ3v) is 6.54. The Morgan fingerprint density at radius 3 is 1.83 bits per heavy atom. The molecule has 2 amide bonds. The monoisotopic (exact) mass is 336 g/mol. The van der Waals surface area contributed by atoms with Gasteiger partial charge >= 0.3 is 12.2 Å². The molecule has 6 nitrogen and oxygen atoms in total. The van der Waals surface area contributed by atoms with Gasteiger partial charge in [0, 0.05) is 0 Å². The van der Waals surface area contributed by atoms with Crippen LogP contribution in [-0.2, 0) is 4.43 Å². The summed E-state index contributed by atoms with van der Waals surface area (Å²) in [5.74, 6) is 0.335. The summed E-state index contributed by atoms with van der Waals surface area (Å²) in [7, 11) is -1.95. The van der Waals surface area contributed by atoms with Crippen LogP contribution in [0.3, 0.4) is 0 Å². The van der Waals surface area contributed by atoms with E-state index in [1.807, 2.05) is 41.5 Å². The summed E-state index contributed by atoms with van der Waals surface area (Å²) in [5.41, 5.74) is 0. The molecule has 7 heteroatoms. The molecule has 0 saturated carbocycles. The number of hydrogen-bond donors (Lipinski definition) is 0. The van der Waals surface area contributed by atoms with Gasteiger partial charge in [-0.2, -0.15) is 0 Å². The van der Waals surface area contributed by atoms with Gasteiger partial charge < -0.3 is 9.16 Å². The lowest BCUT2D eigenvalue weighted by Gasteiger charge is -2.36. The van der Waals surface area contributed by atoms with Gasteiger partial charge in [-0.1, -0.05) is 70.0 Å². The molecule has 0 saturated heterocycles. The molecule has 0 fully saturated rings. The van der Waals surface area contributed by atoms with Crippen LogP contribution in [0.5, 0.6) is 5.75 Å². The van der Waals surface area contributed by atoms with Crippen molar-refractivity contribution in [3.63, 3.8) is 0 Å². The maximum Gasteiger partial charge on any atom is 0.458 e. The molecule has 0 bridgehead atoms. The van der Waals surface area contributed by atoms with E-state index < -0.39 is 21.2 Å². The second-order valence-corrected chi connectivity index (χ2v) is 11.8. The average Bonchev–Trinajstić information content (AvgIpc) is 2.41. The van der Waals surface area contributed by atoms with Crippen molar-refractivity contribution in [2.24, 2.45) is 10.2 Å². The smallest absolute Gasteiger partial charge is 0.458 e. The summed E-state index contributed by atoms with van der Waals surface area (Å²) < 4.78 is 10.4. The zero-order chi connectivity index (χ0) is 17.7. The van der Waals surface area contributed by atoms with Gasteiger partial charge in [-0.15, -0.1) is 0 Å². The SMILES string of the molecule is CC(C)(C)[SiH](OC(=O)N=NC(=O)Oc1ccccc1)C(C)(C)C. The molecule has 1 aromatic rings. The topological polar surface area (TPSA) is 77.3 Å². The fraction of sp³-hybridized carbons (Fsp3) is 0.500. The molecule has 0 spiro atoms. The highest BCUT2D eigenvalue weighted by Crippen LogP contribution is 2.42. The maximum atomic E-state index is 11.8. The number of ether oxygens (including phenoxy) is 1. The Bertz CT molecular complexity index is 560. The van der Waals surface area contributed by atoms with Crippen LogP contribution in [0.2, 0.25) is 10.1 Å². The number of para-hydroxylation sites is 1. The third-order valence-electron chi connectivity index (χ3n) is 2.95. The number of nitrogens with zero attached hydrogens (tertiary/aromatic N) is 2. The van der Waals surface area contributed by atoms with Crippen molar-refractivity contribution in [2.45, 2.75) is 51.6 Å². The highest BCUT2D eigenvalue weighted by atomic mass is 28.3. The van der Waals surface area contributed by atoms with Crippen LogP contribution in [0.15, 0.2) is 40.6 Å². The van der Waals surface area contributed by atoms with E-state index >= 15 is 0 Å². The first-order valence-electron chi connectivity index (χ1n) is 7.39. The van der Waals surface area contributed by atoms with Gasteiger partial charge in [-0.25, -0.2) is 9.59 Å². The lowest BCUT2D eigenvalue weighted by atomic mass is 10.2. The number of carbonyl (C=O) groups is 2. The highest BCUT2D eigenvalue weighted by Gasteiger charge is 2.41. The lowest BCUT2D eigenvalue weighted by Crippen LogP contribution is -2.39. The number of carbonyl (C=O) groups excluding carboxylic acids is 2. The van der Waals surface area contributed by atoms with Crippen LogP contribution < -0.4 is 4.74 Å². The van der Waals surface area contributed by atoms with Gasteiger partial charge in [0.1, 0.15) is 5.75 Å². The van der Waals surface area contributed by atoms with Gasteiger partial charge in [0.15, 0.2) is 0 Å². The fourth-order valence-corrected chi connectivity index (χ4v) is 6.02. The predicted octanol–water partition coefficient (Wildman–Crippen LogP) is 5.10. The molecule has 0 atom stereocenters. The van der Waals surface area contributed by atoms with Gasteiger partial charge in [-0.3, -0.25) is 0 Å². The molecule has 0 radical (unpaired) electrons. The van der Waals surface area contributed by atoms with Crippen molar-refractivity contribution in [2.75, 3.05) is 0 Å². The zero-order valence-corrected chi connectivity index (χ0v) is 15.6. The van der Waals surface area contributed by atoms with Crippen LogP contribution in [0.4, 0.5) is 9.59 Å². The number of amides is 2. The second-order valence-electron chi connectivity index (χ2n) is 7.38. The first-order valence-corrected chi connectivity index (χ1v) is 9.02. The maximum absolute atomic E-state index is 11.8. The molecule has 0 aliphatic rings. The zero-order valence-electron chi connectivity index (χ0n) is 14.5. The number of benzene rings is 1. The van der Waals surface area contributed by atoms with Crippen LogP contribution in [0.25, 0.3) is 0 Å². The molecule has 126 valence electrons. The summed E-state index contributed by atoms with van der Waals surface area (Å²) in [5, 5.41) is 6.30. The third kappa shape index (κ3) is 6.73. The van der Waals surface area contributed by atoms with Gasteiger partial charge in [0.2, 0.25) is 0 Å². The minimum atomic E-state index is -1.95. The largest absolute Gasteiger partial charge is 0.503 e.